The Labute approximate surface area is 107 Å². The smallest absolute Gasteiger partial charge is 0.112 e. The summed E-state index contributed by atoms with van der Waals surface area (Å²) < 4.78 is 11.0. The predicted molar refractivity (Wildman–Crippen MR) is 71.2 cm³/mol. The van der Waals surface area contributed by atoms with Crippen molar-refractivity contribution in [2.75, 3.05) is 13.2 Å². The van der Waals surface area contributed by atoms with Gasteiger partial charge in [-0.3, -0.25) is 0 Å². The molecule has 0 aromatic heterocycles. The molecule has 1 heterocycles. The lowest BCUT2D eigenvalue weighted by Crippen LogP contribution is -2.11. The predicted octanol–water partition coefficient (Wildman–Crippen LogP) is 2.93. The van der Waals surface area contributed by atoms with Crippen molar-refractivity contribution in [1.82, 2.24) is 0 Å². The Hall–Kier alpha value is -1.82. The van der Waals surface area contributed by atoms with Crippen molar-refractivity contribution >= 4 is 10.8 Å². The quantitative estimate of drug-likeness (QED) is 0.603. The van der Waals surface area contributed by atoms with Crippen molar-refractivity contribution < 1.29 is 9.47 Å². The summed E-state index contributed by atoms with van der Waals surface area (Å²) in [5, 5.41) is 2.44. The second-order valence-electron chi connectivity index (χ2n) is 4.41. The van der Waals surface area contributed by atoms with E-state index in [1.165, 1.54) is 10.8 Å². The lowest BCUT2D eigenvalue weighted by Gasteiger charge is -2.15. The summed E-state index contributed by atoms with van der Waals surface area (Å²) in [6.07, 6.45) is 5.35. The molecule has 2 atom stereocenters. The first-order chi connectivity index (χ1) is 8.88. The third-order valence-electron chi connectivity index (χ3n) is 3.15. The number of hydrogen-bond donors (Lipinski definition) is 0. The third kappa shape index (κ3) is 2.24. The van der Waals surface area contributed by atoms with Gasteiger partial charge in [0.15, 0.2) is 0 Å². The molecular formula is C16H14O2. The topological polar surface area (TPSA) is 21.8 Å². The number of rotatable bonds is 4. The number of hydrogen-bond acceptors (Lipinski definition) is 2. The van der Waals surface area contributed by atoms with Gasteiger partial charge >= 0.3 is 0 Å². The largest absolute Gasteiger partial charge is 0.370 e. The summed E-state index contributed by atoms with van der Waals surface area (Å²) in [6, 6.07) is 14.6. The molecule has 2 unspecified atom stereocenters. The first-order valence-electron chi connectivity index (χ1n) is 6.04. The standard InChI is InChI=1S/C16H14O2/c1-2-9-17-16(15-11-18-15)14-8-7-12-5-3-4-6-13(12)10-14/h1,3-8,10,15-16H,9,11H2. The Kier molecular flexibility index (Phi) is 3.02. The van der Waals surface area contributed by atoms with Crippen LogP contribution in [0.4, 0.5) is 0 Å². The highest BCUT2D eigenvalue weighted by Gasteiger charge is 2.34. The monoisotopic (exact) mass is 238 g/mol. The second-order valence-corrected chi connectivity index (χ2v) is 4.41. The summed E-state index contributed by atoms with van der Waals surface area (Å²) >= 11 is 0. The van der Waals surface area contributed by atoms with E-state index < -0.39 is 0 Å². The van der Waals surface area contributed by atoms with E-state index in [2.05, 4.69) is 36.3 Å². The molecule has 1 aliphatic rings. The van der Waals surface area contributed by atoms with E-state index in [1.54, 1.807) is 0 Å². The van der Waals surface area contributed by atoms with E-state index >= 15 is 0 Å². The Morgan fingerprint density at radius 3 is 2.78 bits per heavy atom. The third-order valence-corrected chi connectivity index (χ3v) is 3.15. The minimum atomic E-state index is -0.0503. The molecular weight excluding hydrogens is 224 g/mol. The summed E-state index contributed by atoms with van der Waals surface area (Å²) in [5.74, 6) is 2.51. The van der Waals surface area contributed by atoms with Crippen LogP contribution in [-0.4, -0.2) is 19.3 Å². The second kappa shape index (κ2) is 4.81. The molecule has 2 heteroatoms. The van der Waals surface area contributed by atoms with Gasteiger partial charge in [-0.2, -0.15) is 0 Å². The molecule has 3 rings (SSSR count). The van der Waals surface area contributed by atoms with Crippen LogP contribution in [0.5, 0.6) is 0 Å². The number of ether oxygens (including phenoxy) is 2. The average molecular weight is 238 g/mol. The highest BCUT2D eigenvalue weighted by molar-refractivity contribution is 5.83. The van der Waals surface area contributed by atoms with Gasteiger partial charge in [0, 0.05) is 0 Å². The average Bonchev–Trinajstić information content (AvgIpc) is 3.24. The molecule has 0 amide bonds. The van der Waals surface area contributed by atoms with Crippen LogP contribution in [0.15, 0.2) is 42.5 Å². The molecule has 2 aromatic rings. The van der Waals surface area contributed by atoms with Crippen molar-refractivity contribution in [2.24, 2.45) is 0 Å². The Morgan fingerprint density at radius 2 is 2.06 bits per heavy atom. The molecule has 0 N–H and O–H groups in total. The Balaban J connectivity index is 1.93. The van der Waals surface area contributed by atoms with E-state index in [-0.39, 0.29) is 12.2 Å². The molecule has 0 radical (unpaired) electrons. The van der Waals surface area contributed by atoms with Crippen LogP contribution < -0.4 is 0 Å². The molecule has 1 aliphatic heterocycles. The SMILES string of the molecule is C#CCOC(c1ccc2ccccc2c1)C1CO1. The van der Waals surface area contributed by atoms with Gasteiger partial charge in [-0.15, -0.1) is 6.42 Å². The van der Waals surface area contributed by atoms with Gasteiger partial charge in [-0.1, -0.05) is 42.3 Å². The number of epoxide rings is 1. The van der Waals surface area contributed by atoms with Gasteiger partial charge in [0.2, 0.25) is 0 Å². The number of terminal acetylenes is 1. The van der Waals surface area contributed by atoms with Gasteiger partial charge in [-0.25, -0.2) is 0 Å². The van der Waals surface area contributed by atoms with Crippen molar-refractivity contribution in [1.29, 1.82) is 0 Å². The van der Waals surface area contributed by atoms with Crippen LogP contribution in [0.1, 0.15) is 11.7 Å². The lowest BCUT2D eigenvalue weighted by molar-refractivity contribution is 0.0543. The summed E-state index contributed by atoms with van der Waals surface area (Å²) in [6.45, 7) is 1.07. The fraction of sp³-hybridized carbons (Fsp3) is 0.250. The first kappa shape index (κ1) is 11.3. The first-order valence-corrected chi connectivity index (χ1v) is 6.04. The Bertz CT molecular complexity index is 593. The van der Waals surface area contributed by atoms with Gasteiger partial charge in [0.1, 0.15) is 18.8 Å². The number of fused-ring (bicyclic) bond motifs is 1. The summed E-state index contributed by atoms with van der Waals surface area (Å²) in [4.78, 5) is 0. The van der Waals surface area contributed by atoms with Gasteiger partial charge in [0.25, 0.3) is 0 Å². The fourth-order valence-corrected chi connectivity index (χ4v) is 2.17. The van der Waals surface area contributed by atoms with E-state index in [9.17, 15) is 0 Å². The summed E-state index contributed by atoms with van der Waals surface area (Å²) in [7, 11) is 0. The molecule has 1 fully saturated rings. The van der Waals surface area contributed by atoms with Crippen molar-refractivity contribution in [3.63, 3.8) is 0 Å². The number of benzene rings is 2. The maximum absolute atomic E-state index is 5.69. The van der Waals surface area contributed by atoms with E-state index in [0.717, 1.165) is 12.2 Å². The molecule has 90 valence electrons. The highest BCUT2D eigenvalue weighted by Crippen LogP contribution is 2.32. The van der Waals surface area contributed by atoms with Crippen molar-refractivity contribution in [3.8, 4) is 12.3 Å². The fourth-order valence-electron chi connectivity index (χ4n) is 2.17. The maximum Gasteiger partial charge on any atom is 0.112 e. The van der Waals surface area contributed by atoms with Crippen LogP contribution in [-0.2, 0) is 9.47 Å². The van der Waals surface area contributed by atoms with Gasteiger partial charge in [0.05, 0.1) is 6.61 Å². The maximum atomic E-state index is 5.69. The molecule has 2 nitrogen and oxygen atoms in total. The van der Waals surface area contributed by atoms with Crippen LogP contribution >= 0.6 is 0 Å². The van der Waals surface area contributed by atoms with E-state index in [1.807, 2.05) is 12.1 Å². The van der Waals surface area contributed by atoms with Crippen LogP contribution in [0, 0.1) is 12.3 Å². The van der Waals surface area contributed by atoms with Crippen LogP contribution in [0.3, 0.4) is 0 Å². The van der Waals surface area contributed by atoms with Crippen molar-refractivity contribution in [2.45, 2.75) is 12.2 Å². The normalized spacial score (nSPS) is 19.4. The zero-order valence-corrected chi connectivity index (χ0v) is 10.0. The lowest BCUT2D eigenvalue weighted by atomic mass is 10.0. The highest BCUT2D eigenvalue weighted by atomic mass is 16.6. The molecule has 18 heavy (non-hydrogen) atoms. The molecule has 0 aliphatic carbocycles. The summed E-state index contributed by atoms with van der Waals surface area (Å²) in [5.41, 5.74) is 1.13. The molecule has 1 saturated heterocycles. The Morgan fingerprint density at radius 1 is 1.28 bits per heavy atom. The van der Waals surface area contributed by atoms with E-state index in [4.69, 9.17) is 15.9 Å². The van der Waals surface area contributed by atoms with Crippen LogP contribution in [0.25, 0.3) is 10.8 Å². The van der Waals surface area contributed by atoms with Crippen LogP contribution in [0.2, 0.25) is 0 Å². The zero-order chi connectivity index (χ0) is 12.4. The zero-order valence-electron chi connectivity index (χ0n) is 10.0. The molecule has 2 aromatic carbocycles. The minimum absolute atomic E-state index is 0.0503. The van der Waals surface area contributed by atoms with Gasteiger partial charge < -0.3 is 9.47 Å². The molecule has 0 saturated carbocycles. The molecule has 0 spiro atoms. The molecule has 0 bridgehead atoms. The minimum Gasteiger partial charge on any atom is -0.370 e. The van der Waals surface area contributed by atoms with Gasteiger partial charge in [-0.05, 0) is 22.4 Å². The van der Waals surface area contributed by atoms with E-state index in [0.29, 0.717) is 6.61 Å². The van der Waals surface area contributed by atoms with Crippen molar-refractivity contribution in [3.05, 3.63) is 48.0 Å².